The lowest BCUT2D eigenvalue weighted by Gasteiger charge is -2.05. The number of rotatable bonds is 5. The molecule has 0 atom stereocenters. The van der Waals surface area contributed by atoms with E-state index in [0.29, 0.717) is 33.4 Å². The molecule has 1 aliphatic rings. The van der Waals surface area contributed by atoms with E-state index in [1.54, 1.807) is 12.3 Å². The largest absolute Gasteiger partial charge is 0.505 e. The summed E-state index contributed by atoms with van der Waals surface area (Å²) < 4.78 is 0. The fourth-order valence-corrected chi connectivity index (χ4v) is 2.98. The summed E-state index contributed by atoms with van der Waals surface area (Å²) in [7, 11) is 0. The molecule has 0 aliphatic heterocycles. The number of nitrogens with zero attached hydrogens (tertiary/aromatic N) is 3. The highest BCUT2D eigenvalue weighted by molar-refractivity contribution is 7.13. The number of nitriles is 1. The van der Waals surface area contributed by atoms with Gasteiger partial charge in [-0.1, -0.05) is 0 Å². The van der Waals surface area contributed by atoms with E-state index >= 15 is 0 Å². The van der Waals surface area contributed by atoms with Gasteiger partial charge in [0.05, 0.1) is 17.7 Å². The Hall–Kier alpha value is -2.46. The van der Waals surface area contributed by atoms with Crippen LogP contribution in [0, 0.1) is 24.2 Å². The quantitative estimate of drug-likeness (QED) is 0.876. The van der Waals surface area contributed by atoms with Gasteiger partial charge in [-0.3, -0.25) is 4.79 Å². The highest BCUT2D eigenvalue weighted by Gasteiger charge is 2.22. The summed E-state index contributed by atoms with van der Waals surface area (Å²) in [5.74, 6) is 0.567. The Morgan fingerprint density at radius 3 is 3.04 bits per heavy atom. The van der Waals surface area contributed by atoms with Crippen molar-refractivity contribution in [1.82, 2.24) is 15.3 Å². The summed E-state index contributed by atoms with van der Waals surface area (Å²) in [6, 6.07) is 1.98. The first kappa shape index (κ1) is 15.4. The fourth-order valence-electron chi connectivity index (χ4n) is 2.17. The van der Waals surface area contributed by atoms with Crippen LogP contribution in [0.25, 0.3) is 10.7 Å². The molecule has 2 aromatic rings. The van der Waals surface area contributed by atoms with Crippen LogP contribution < -0.4 is 5.32 Å². The summed E-state index contributed by atoms with van der Waals surface area (Å²) in [6.45, 7) is 2.41. The number of thiazole rings is 1. The standard InChI is InChI=1S/C16H16N4O2S/c1-9-11(5-17)7-19-14(15(9)22)16-20-12(8-23-16)4-13(21)18-6-10-2-3-10/h7-8,10,22H,2-4,6H2,1H3,(H,18,21). The van der Waals surface area contributed by atoms with Crippen LogP contribution in [0.4, 0.5) is 0 Å². The minimum Gasteiger partial charge on any atom is -0.505 e. The maximum Gasteiger partial charge on any atom is 0.226 e. The molecule has 0 unspecified atom stereocenters. The van der Waals surface area contributed by atoms with Gasteiger partial charge in [-0.25, -0.2) is 9.97 Å². The molecule has 1 saturated carbocycles. The van der Waals surface area contributed by atoms with Crippen LogP contribution in [0.5, 0.6) is 5.75 Å². The van der Waals surface area contributed by atoms with Gasteiger partial charge in [-0.15, -0.1) is 11.3 Å². The first-order chi connectivity index (χ1) is 11.1. The SMILES string of the molecule is Cc1c(C#N)cnc(-c2nc(CC(=O)NCC3CC3)cs2)c1O. The monoisotopic (exact) mass is 328 g/mol. The lowest BCUT2D eigenvalue weighted by atomic mass is 10.1. The highest BCUT2D eigenvalue weighted by atomic mass is 32.1. The molecule has 0 saturated heterocycles. The smallest absolute Gasteiger partial charge is 0.226 e. The Kier molecular flexibility index (Phi) is 4.26. The maximum absolute atomic E-state index is 11.8. The Labute approximate surface area is 137 Å². The van der Waals surface area contributed by atoms with E-state index in [1.807, 2.05) is 6.07 Å². The summed E-state index contributed by atoms with van der Waals surface area (Å²) >= 11 is 1.32. The summed E-state index contributed by atoms with van der Waals surface area (Å²) in [5, 5.41) is 24.4. The third-order valence-corrected chi connectivity index (χ3v) is 4.71. The van der Waals surface area contributed by atoms with E-state index in [9.17, 15) is 9.90 Å². The average Bonchev–Trinajstić information content (AvgIpc) is 3.27. The summed E-state index contributed by atoms with van der Waals surface area (Å²) in [4.78, 5) is 20.3. The minimum absolute atomic E-state index is 0.0388. The molecule has 3 rings (SSSR count). The molecule has 0 bridgehead atoms. The van der Waals surface area contributed by atoms with Crippen molar-refractivity contribution in [2.24, 2.45) is 5.92 Å². The van der Waals surface area contributed by atoms with Crippen molar-refractivity contribution < 1.29 is 9.90 Å². The second-order valence-electron chi connectivity index (χ2n) is 5.67. The average molecular weight is 328 g/mol. The van der Waals surface area contributed by atoms with Gasteiger partial charge in [0.1, 0.15) is 22.5 Å². The van der Waals surface area contributed by atoms with E-state index in [2.05, 4.69) is 15.3 Å². The van der Waals surface area contributed by atoms with Crippen LogP contribution in [0.2, 0.25) is 0 Å². The Morgan fingerprint density at radius 1 is 1.57 bits per heavy atom. The Morgan fingerprint density at radius 2 is 2.35 bits per heavy atom. The molecule has 118 valence electrons. The summed E-state index contributed by atoms with van der Waals surface area (Å²) in [5.41, 5.74) is 1.82. The maximum atomic E-state index is 11.8. The molecule has 1 fully saturated rings. The molecular weight excluding hydrogens is 312 g/mol. The zero-order chi connectivity index (χ0) is 16.4. The first-order valence-corrected chi connectivity index (χ1v) is 8.26. The van der Waals surface area contributed by atoms with Crippen molar-refractivity contribution in [3.63, 3.8) is 0 Å². The fraction of sp³-hybridized carbons (Fsp3) is 0.375. The van der Waals surface area contributed by atoms with Gasteiger partial charge in [0.25, 0.3) is 0 Å². The topological polar surface area (TPSA) is 98.9 Å². The number of carbonyl (C=O) groups is 1. The van der Waals surface area contributed by atoms with Gasteiger partial charge in [0, 0.05) is 23.7 Å². The first-order valence-electron chi connectivity index (χ1n) is 7.38. The molecule has 0 aromatic carbocycles. The number of hydrogen-bond acceptors (Lipinski definition) is 6. The van der Waals surface area contributed by atoms with Gasteiger partial charge < -0.3 is 10.4 Å². The molecule has 1 aliphatic carbocycles. The van der Waals surface area contributed by atoms with E-state index in [1.165, 1.54) is 30.4 Å². The van der Waals surface area contributed by atoms with E-state index in [0.717, 1.165) is 6.54 Å². The van der Waals surface area contributed by atoms with E-state index in [-0.39, 0.29) is 18.1 Å². The van der Waals surface area contributed by atoms with Gasteiger partial charge >= 0.3 is 0 Å². The van der Waals surface area contributed by atoms with E-state index in [4.69, 9.17) is 5.26 Å². The van der Waals surface area contributed by atoms with Crippen molar-refractivity contribution in [3.8, 4) is 22.5 Å². The second kappa shape index (κ2) is 6.34. The molecular formula is C16H16N4O2S. The molecule has 7 heteroatoms. The molecule has 2 heterocycles. The van der Waals surface area contributed by atoms with Crippen molar-refractivity contribution in [2.75, 3.05) is 6.54 Å². The van der Waals surface area contributed by atoms with Crippen molar-refractivity contribution in [1.29, 1.82) is 5.26 Å². The second-order valence-corrected chi connectivity index (χ2v) is 6.53. The number of hydrogen-bond donors (Lipinski definition) is 2. The van der Waals surface area contributed by atoms with Crippen molar-refractivity contribution in [2.45, 2.75) is 26.2 Å². The van der Waals surface area contributed by atoms with Gasteiger partial charge in [-0.2, -0.15) is 5.26 Å². The highest BCUT2D eigenvalue weighted by Crippen LogP contribution is 2.33. The lowest BCUT2D eigenvalue weighted by Crippen LogP contribution is -2.27. The molecule has 0 spiro atoms. The van der Waals surface area contributed by atoms with Crippen LogP contribution in [0.15, 0.2) is 11.6 Å². The van der Waals surface area contributed by atoms with E-state index < -0.39 is 0 Å². The van der Waals surface area contributed by atoms with Crippen LogP contribution >= 0.6 is 11.3 Å². The third kappa shape index (κ3) is 3.48. The van der Waals surface area contributed by atoms with Crippen molar-refractivity contribution >= 4 is 17.2 Å². The third-order valence-electron chi connectivity index (χ3n) is 3.81. The minimum atomic E-state index is -0.0399. The lowest BCUT2D eigenvalue weighted by molar-refractivity contribution is -0.120. The van der Waals surface area contributed by atoms with Gasteiger partial charge in [-0.05, 0) is 25.7 Å². The molecule has 2 aromatic heterocycles. The van der Waals surface area contributed by atoms with Gasteiger partial charge in [0.2, 0.25) is 5.91 Å². The number of aromatic nitrogens is 2. The molecule has 2 N–H and O–H groups in total. The van der Waals surface area contributed by atoms with Gasteiger partial charge in [0.15, 0.2) is 0 Å². The number of aromatic hydroxyl groups is 1. The Balaban J connectivity index is 1.72. The van der Waals surface area contributed by atoms with Crippen LogP contribution in [-0.2, 0) is 11.2 Å². The number of amides is 1. The van der Waals surface area contributed by atoms with Crippen LogP contribution in [-0.4, -0.2) is 27.5 Å². The molecule has 23 heavy (non-hydrogen) atoms. The number of pyridine rings is 1. The summed E-state index contributed by atoms with van der Waals surface area (Å²) in [6.07, 6.45) is 4.04. The predicted octanol–water partition coefficient (Wildman–Crippen LogP) is 2.16. The predicted molar refractivity (Wildman–Crippen MR) is 85.9 cm³/mol. The van der Waals surface area contributed by atoms with Crippen LogP contribution in [0.1, 0.15) is 29.7 Å². The van der Waals surface area contributed by atoms with Crippen LogP contribution in [0.3, 0.4) is 0 Å². The molecule has 1 amide bonds. The zero-order valence-electron chi connectivity index (χ0n) is 12.7. The number of nitrogens with one attached hydrogen (secondary N) is 1. The number of carbonyl (C=O) groups excluding carboxylic acids is 1. The molecule has 6 nitrogen and oxygen atoms in total. The van der Waals surface area contributed by atoms with Crippen molar-refractivity contribution in [3.05, 3.63) is 28.4 Å². The normalized spacial score (nSPS) is 13.6. The zero-order valence-corrected chi connectivity index (χ0v) is 13.5. The molecule has 0 radical (unpaired) electrons. The Bertz CT molecular complexity index is 790.